The molecule has 0 aromatic heterocycles. The highest BCUT2D eigenvalue weighted by Crippen LogP contribution is 2.23. The van der Waals surface area contributed by atoms with Gasteiger partial charge in [-0.25, -0.2) is 4.79 Å². The molecule has 2 rings (SSSR count). The number of benzene rings is 1. The molecule has 21 heavy (non-hydrogen) atoms. The third-order valence-corrected chi connectivity index (χ3v) is 3.95. The number of carbonyl (C=O) groups is 1. The highest BCUT2D eigenvalue weighted by molar-refractivity contribution is 6.32. The Hall–Kier alpha value is -1.42. The molecule has 0 radical (unpaired) electrons. The van der Waals surface area contributed by atoms with E-state index in [9.17, 15) is 4.79 Å². The molecule has 116 valence electrons. The SMILES string of the molecule is O=C(NCCCOc1ccccc1Cl)NC1CCCCC1. The maximum Gasteiger partial charge on any atom is 0.315 e. The summed E-state index contributed by atoms with van der Waals surface area (Å²) in [6.45, 7) is 1.14. The van der Waals surface area contributed by atoms with Gasteiger partial charge in [0.1, 0.15) is 5.75 Å². The lowest BCUT2D eigenvalue weighted by Crippen LogP contribution is -2.43. The molecule has 1 fully saturated rings. The molecule has 0 atom stereocenters. The van der Waals surface area contributed by atoms with Gasteiger partial charge in [-0.2, -0.15) is 0 Å². The van der Waals surface area contributed by atoms with Crippen molar-refractivity contribution < 1.29 is 9.53 Å². The van der Waals surface area contributed by atoms with Crippen LogP contribution in [0.5, 0.6) is 5.75 Å². The first-order valence-corrected chi connectivity index (χ1v) is 8.05. The molecule has 1 aromatic rings. The second kappa shape index (κ2) is 8.78. The van der Waals surface area contributed by atoms with Crippen LogP contribution in [0.1, 0.15) is 38.5 Å². The summed E-state index contributed by atoms with van der Waals surface area (Å²) in [5.74, 6) is 0.686. The van der Waals surface area contributed by atoms with E-state index in [1.54, 1.807) is 6.07 Å². The largest absolute Gasteiger partial charge is 0.492 e. The fourth-order valence-corrected chi connectivity index (χ4v) is 2.69. The highest BCUT2D eigenvalue weighted by atomic mass is 35.5. The van der Waals surface area contributed by atoms with Gasteiger partial charge in [-0.1, -0.05) is 43.0 Å². The van der Waals surface area contributed by atoms with Gasteiger partial charge >= 0.3 is 6.03 Å². The minimum absolute atomic E-state index is 0.0698. The standard InChI is InChI=1S/C16H23ClN2O2/c17-14-9-4-5-10-15(14)21-12-6-11-18-16(20)19-13-7-2-1-3-8-13/h4-5,9-10,13H,1-3,6-8,11-12H2,(H2,18,19,20). The average Bonchev–Trinajstić information content (AvgIpc) is 2.50. The van der Waals surface area contributed by atoms with Crippen LogP contribution in [-0.4, -0.2) is 25.2 Å². The molecule has 5 heteroatoms. The molecule has 1 aliphatic carbocycles. The number of para-hydroxylation sites is 1. The van der Waals surface area contributed by atoms with E-state index in [0.717, 1.165) is 19.3 Å². The van der Waals surface area contributed by atoms with Crippen LogP contribution in [0, 0.1) is 0 Å². The first kappa shape index (κ1) is 16.0. The monoisotopic (exact) mass is 310 g/mol. The molecule has 1 saturated carbocycles. The van der Waals surface area contributed by atoms with Gasteiger partial charge in [0.15, 0.2) is 0 Å². The summed E-state index contributed by atoms with van der Waals surface area (Å²) in [4.78, 5) is 11.7. The molecule has 1 aromatic carbocycles. The van der Waals surface area contributed by atoms with Crippen LogP contribution >= 0.6 is 11.6 Å². The summed E-state index contributed by atoms with van der Waals surface area (Å²) >= 11 is 5.99. The maximum absolute atomic E-state index is 11.7. The number of halogens is 1. The Morgan fingerprint density at radius 3 is 2.76 bits per heavy atom. The number of urea groups is 1. The molecule has 0 unspecified atom stereocenters. The summed E-state index contributed by atoms with van der Waals surface area (Å²) in [5, 5.41) is 6.50. The predicted octanol–water partition coefficient (Wildman–Crippen LogP) is 3.74. The Kier molecular flexibility index (Phi) is 6.67. The summed E-state index contributed by atoms with van der Waals surface area (Å²) in [7, 11) is 0. The molecule has 0 bridgehead atoms. The van der Waals surface area contributed by atoms with Crippen molar-refractivity contribution in [3.8, 4) is 5.75 Å². The topological polar surface area (TPSA) is 50.4 Å². The molecular formula is C16H23ClN2O2. The van der Waals surface area contributed by atoms with E-state index in [0.29, 0.717) is 30.0 Å². The minimum atomic E-state index is -0.0698. The van der Waals surface area contributed by atoms with Crippen molar-refractivity contribution in [2.24, 2.45) is 0 Å². The third kappa shape index (κ3) is 5.84. The predicted molar refractivity (Wildman–Crippen MR) is 85.0 cm³/mol. The van der Waals surface area contributed by atoms with Gasteiger partial charge in [-0.05, 0) is 31.4 Å². The Morgan fingerprint density at radius 2 is 2.00 bits per heavy atom. The average molecular weight is 311 g/mol. The number of carbonyl (C=O) groups excluding carboxylic acids is 1. The number of hydrogen-bond acceptors (Lipinski definition) is 2. The Bertz CT molecular complexity index is 448. The van der Waals surface area contributed by atoms with Crippen LogP contribution in [0.15, 0.2) is 24.3 Å². The van der Waals surface area contributed by atoms with Gasteiger partial charge < -0.3 is 15.4 Å². The minimum Gasteiger partial charge on any atom is -0.492 e. The van der Waals surface area contributed by atoms with Gasteiger partial charge in [0, 0.05) is 12.6 Å². The van der Waals surface area contributed by atoms with Crippen molar-refractivity contribution in [1.82, 2.24) is 10.6 Å². The number of rotatable bonds is 6. The zero-order valence-corrected chi connectivity index (χ0v) is 13.0. The van der Waals surface area contributed by atoms with E-state index < -0.39 is 0 Å². The van der Waals surface area contributed by atoms with E-state index in [1.165, 1.54) is 19.3 Å². The summed E-state index contributed by atoms with van der Waals surface area (Å²) in [5.41, 5.74) is 0. The van der Waals surface area contributed by atoms with Gasteiger partial charge in [-0.3, -0.25) is 0 Å². The molecule has 0 aliphatic heterocycles. The zero-order chi connectivity index (χ0) is 14.9. The van der Waals surface area contributed by atoms with E-state index in [-0.39, 0.29) is 6.03 Å². The molecule has 0 heterocycles. The van der Waals surface area contributed by atoms with Crippen LogP contribution in [-0.2, 0) is 0 Å². The first-order valence-electron chi connectivity index (χ1n) is 7.67. The van der Waals surface area contributed by atoms with Crippen molar-refractivity contribution >= 4 is 17.6 Å². The number of amides is 2. The third-order valence-electron chi connectivity index (χ3n) is 3.64. The fourth-order valence-electron chi connectivity index (χ4n) is 2.50. The first-order chi connectivity index (χ1) is 10.3. The quantitative estimate of drug-likeness (QED) is 0.786. The zero-order valence-electron chi connectivity index (χ0n) is 12.2. The van der Waals surface area contributed by atoms with Crippen LogP contribution in [0.25, 0.3) is 0 Å². The molecule has 0 saturated heterocycles. The summed E-state index contributed by atoms with van der Waals surface area (Å²) < 4.78 is 5.56. The van der Waals surface area contributed by atoms with Crippen molar-refractivity contribution in [2.45, 2.75) is 44.6 Å². The Balaban J connectivity index is 1.55. The maximum atomic E-state index is 11.7. The lowest BCUT2D eigenvalue weighted by molar-refractivity contribution is 0.231. The van der Waals surface area contributed by atoms with Crippen molar-refractivity contribution in [3.63, 3.8) is 0 Å². The van der Waals surface area contributed by atoms with Crippen LogP contribution in [0.4, 0.5) is 4.79 Å². The van der Waals surface area contributed by atoms with E-state index in [1.807, 2.05) is 18.2 Å². The summed E-state index contributed by atoms with van der Waals surface area (Å²) in [6.07, 6.45) is 6.68. The molecule has 4 nitrogen and oxygen atoms in total. The van der Waals surface area contributed by atoms with E-state index >= 15 is 0 Å². The fraction of sp³-hybridized carbons (Fsp3) is 0.562. The van der Waals surface area contributed by atoms with Gasteiger partial charge in [0.2, 0.25) is 0 Å². The second-order valence-electron chi connectivity index (χ2n) is 5.37. The highest BCUT2D eigenvalue weighted by Gasteiger charge is 2.14. The van der Waals surface area contributed by atoms with E-state index in [4.69, 9.17) is 16.3 Å². The van der Waals surface area contributed by atoms with Crippen LogP contribution in [0.2, 0.25) is 5.02 Å². The Morgan fingerprint density at radius 1 is 1.24 bits per heavy atom. The normalized spacial score (nSPS) is 15.5. The molecule has 2 amide bonds. The number of ether oxygens (including phenoxy) is 1. The smallest absolute Gasteiger partial charge is 0.315 e. The van der Waals surface area contributed by atoms with Crippen molar-refractivity contribution in [1.29, 1.82) is 0 Å². The van der Waals surface area contributed by atoms with Gasteiger partial charge in [0.05, 0.1) is 11.6 Å². The van der Waals surface area contributed by atoms with Crippen molar-refractivity contribution in [3.05, 3.63) is 29.3 Å². The molecular weight excluding hydrogens is 288 g/mol. The Labute approximate surface area is 131 Å². The number of hydrogen-bond donors (Lipinski definition) is 2. The van der Waals surface area contributed by atoms with Gasteiger partial charge in [0.25, 0.3) is 0 Å². The molecule has 0 spiro atoms. The lowest BCUT2D eigenvalue weighted by Gasteiger charge is -2.22. The summed E-state index contributed by atoms with van der Waals surface area (Å²) in [6, 6.07) is 7.67. The van der Waals surface area contributed by atoms with E-state index in [2.05, 4.69) is 10.6 Å². The number of nitrogens with one attached hydrogen (secondary N) is 2. The lowest BCUT2D eigenvalue weighted by atomic mass is 9.96. The van der Waals surface area contributed by atoms with Crippen LogP contribution < -0.4 is 15.4 Å². The van der Waals surface area contributed by atoms with Crippen LogP contribution in [0.3, 0.4) is 0 Å². The van der Waals surface area contributed by atoms with Gasteiger partial charge in [-0.15, -0.1) is 0 Å². The molecule has 2 N–H and O–H groups in total. The second-order valence-corrected chi connectivity index (χ2v) is 5.77. The molecule has 1 aliphatic rings. The van der Waals surface area contributed by atoms with Crippen molar-refractivity contribution in [2.75, 3.05) is 13.2 Å².